The Hall–Kier alpha value is -0.800. The minimum Gasteiger partial charge on any atom is -0.463 e. The van der Waals surface area contributed by atoms with Gasteiger partial charge in [0.1, 0.15) is 11.5 Å². The van der Waals surface area contributed by atoms with Crippen LogP contribution in [-0.2, 0) is 13.1 Å². The van der Waals surface area contributed by atoms with Gasteiger partial charge in [0.25, 0.3) is 0 Å². The first-order valence-corrected chi connectivity index (χ1v) is 7.34. The second kappa shape index (κ2) is 7.11. The third-order valence-electron chi connectivity index (χ3n) is 3.37. The Morgan fingerprint density at radius 2 is 1.89 bits per heavy atom. The predicted octanol–water partition coefficient (Wildman–Crippen LogP) is 3.79. The molecule has 1 aromatic heterocycles. The second-order valence-electron chi connectivity index (χ2n) is 6.52. The van der Waals surface area contributed by atoms with E-state index in [2.05, 4.69) is 64.0 Å². The van der Waals surface area contributed by atoms with Crippen LogP contribution >= 0.6 is 0 Å². The minimum atomic E-state index is 0.124. The van der Waals surface area contributed by atoms with Gasteiger partial charge in [-0.2, -0.15) is 0 Å². The predicted molar refractivity (Wildman–Crippen MR) is 81.1 cm³/mol. The van der Waals surface area contributed by atoms with Gasteiger partial charge in [0.05, 0.1) is 13.1 Å². The van der Waals surface area contributed by atoms with Crippen molar-refractivity contribution in [1.82, 2.24) is 10.2 Å². The van der Waals surface area contributed by atoms with E-state index in [9.17, 15) is 0 Å². The minimum absolute atomic E-state index is 0.124. The lowest BCUT2D eigenvalue weighted by molar-refractivity contribution is 0.216. The largest absolute Gasteiger partial charge is 0.463 e. The summed E-state index contributed by atoms with van der Waals surface area (Å²) in [4.78, 5) is 2.35. The number of hydrogen-bond donors (Lipinski definition) is 1. The Balaban J connectivity index is 2.46. The molecule has 19 heavy (non-hydrogen) atoms. The SMILES string of the molecule is CCCC(C)N(C)Cc1ccc(CNC(C)(C)C)o1. The van der Waals surface area contributed by atoms with Gasteiger partial charge in [0, 0.05) is 11.6 Å². The molecule has 110 valence electrons. The van der Waals surface area contributed by atoms with Gasteiger partial charge in [-0.15, -0.1) is 0 Å². The molecule has 0 saturated carbocycles. The summed E-state index contributed by atoms with van der Waals surface area (Å²) >= 11 is 0. The molecule has 0 radical (unpaired) electrons. The summed E-state index contributed by atoms with van der Waals surface area (Å²) in [5.41, 5.74) is 0.124. The van der Waals surface area contributed by atoms with Crippen LogP contribution in [0.4, 0.5) is 0 Å². The van der Waals surface area contributed by atoms with Crippen LogP contribution in [0.5, 0.6) is 0 Å². The van der Waals surface area contributed by atoms with Crippen LogP contribution in [0.3, 0.4) is 0 Å². The Morgan fingerprint density at radius 3 is 2.47 bits per heavy atom. The average Bonchev–Trinajstić information content (AvgIpc) is 2.73. The van der Waals surface area contributed by atoms with E-state index in [4.69, 9.17) is 4.42 Å². The maximum Gasteiger partial charge on any atom is 0.118 e. The highest BCUT2D eigenvalue weighted by Gasteiger charge is 2.13. The van der Waals surface area contributed by atoms with Crippen molar-refractivity contribution in [2.24, 2.45) is 0 Å². The molecule has 0 aliphatic carbocycles. The van der Waals surface area contributed by atoms with Gasteiger partial charge in [0.15, 0.2) is 0 Å². The molecule has 1 N–H and O–H groups in total. The summed E-state index contributed by atoms with van der Waals surface area (Å²) in [6.07, 6.45) is 2.46. The van der Waals surface area contributed by atoms with Gasteiger partial charge in [-0.1, -0.05) is 13.3 Å². The first-order valence-electron chi connectivity index (χ1n) is 7.34. The number of rotatable bonds is 7. The van der Waals surface area contributed by atoms with Crippen LogP contribution in [0.1, 0.15) is 59.0 Å². The molecule has 0 aliphatic heterocycles. The summed E-state index contributed by atoms with van der Waals surface area (Å²) in [5.74, 6) is 2.07. The molecule has 3 heteroatoms. The lowest BCUT2D eigenvalue weighted by atomic mass is 10.1. The fraction of sp³-hybridized carbons (Fsp3) is 0.750. The van der Waals surface area contributed by atoms with E-state index in [-0.39, 0.29) is 5.54 Å². The van der Waals surface area contributed by atoms with Crippen LogP contribution in [0.25, 0.3) is 0 Å². The highest BCUT2D eigenvalue weighted by atomic mass is 16.3. The van der Waals surface area contributed by atoms with Crippen molar-refractivity contribution < 1.29 is 4.42 Å². The van der Waals surface area contributed by atoms with Crippen LogP contribution in [-0.4, -0.2) is 23.5 Å². The summed E-state index contributed by atoms with van der Waals surface area (Å²) in [6, 6.07) is 4.77. The number of hydrogen-bond acceptors (Lipinski definition) is 3. The number of nitrogens with zero attached hydrogens (tertiary/aromatic N) is 1. The van der Waals surface area contributed by atoms with Crippen LogP contribution < -0.4 is 5.32 Å². The van der Waals surface area contributed by atoms with Gasteiger partial charge >= 0.3 is 0 Å². The molecule has 0 fully saturated rings. The van der Waals surface area contributed by atoms with Crippen molar-refractivity contribution in [3.63, 3.8) is 0 Å². The summed E-state index contributed by atoms with van der Waals surface area (Å²) < 4.78 is 5.87. The molecule has 0 aromatic carbocycles. The summed E-state index contributed by atoms with van der Waals surface area (Å²) in [6.45, 7) is 12.7. The lowest BCUT2D eigenvalue weighted by Crippen LogP contribution is -2.34. The second-order valence-corrected chi connectivity index (χ2v) is 6.52. The van der Waals surface area contributed by atoms with Crippen molar-refractivity contribution in [3.05, 3.63) is 23.7 Å². The normalized spacial score (nSPS) is 14.1. The topological polar surface area (TPSA) is 28.4 Å². The Kier molecular flexibility index (Phi) is 6.08. The quantitative estimate of drug-likeness (QED) is 0.814. The zero-order valence-corrected chi connectivity index (χ0v) is 13.4. The summed E-state index contributed by atoms with van der Waals surface area (Å²) in [5, 5.41) is 3.44. The van der Waals surface area contributed by atoms with Crippen LogP contribution in [0, 0.1) is 0 Å². The van der Waals surface area contributed by atoms with E-state index in [1.807, 2.05) is 0 Å². The molecular weight excluding hydrogens is 236 g/mol. The molecule has 3 nitrogen and oxygen atoms in total. The van der Waals surface area contributed by atoms with E-state index in [1.165, 1.54) is 12.8 Å². The molecule has 1 aromatic rings. The maximum atomic E-state index is 5.87. The third-order valence-corrected chi connectivity index (χ3v) is 3.37. The van der Waals surface area contributed by atoms with E-state index >= 15 is 0 Å². The fourth-order valence-electron chi connectivity index (χ4n) is 1.99. The zero-order valence-electron chi connectivity index (χ0n) is 13.4. The third kappa shape index (κ3) is 6.26. The Labute approximate surface area is 118 Å². The van der Waals surface area contributed by atoms with Gasteiger partial charge < -0.3 is 9.73 Å². The van der Waals surface area contributed by atoms with Crippen molar-refractivity contribution in [2.75, 3.05) is 7.05 Å². The smallest absolute Gasteiger partial charge is 0.118 e. The van der Waals surface area contributed by atoms with Crippen molar-refractivity contribution in [2.45, 2.75) is 72.1 Å². The van der Waals surface area contributed by atoms with Gasteiger partial charge in [0.2, 0.25) is 0 Å². The molecule has 1 heterocycles. The molecule has 0 spiro atoms. The highest BCUT2D eigenvalue weighted by Crippen LogP contribution is 2.14. The monoisotopic (exact) mass is 266 g/mol. The van der Waals surface area contributed by atoms with E-state index in [1.54, 1.807) is 0 Å². The molecule has 0 aliphatic rings. The standard InChI is InChI=1S/C16H30N2O/c1-7-8-13(2)18(6)12-15-10-9-14(19-15)11-17-16(3,4)5/h9-10,13,17H,7-8,11-12H2,1-6H3. The molecular formula is C16H30N2O. The molecule has 0 saturated heterocycles. The van der Waals surface area contributed by atoms with E-state index < -0.39 is 0 Å². The molecule has 0 amide bonds. The Morgan fingerprint density at radius 1 is 1.26 bits per heavy atom. The Bertz CT molecular complexity index is 365. The average molecular weight is 266 g/mol. The van der Waals surface area contributed by atoms with Gasteiger partial charge in [-0.25, -0.2) is 0 Å². The first kappa shape index (κ1) is 16.3. The zero-order chi connectivity index (χ0) is 14.5. The first-order chi connectivity index (χ1) is 8.81. The highest BCUT2D eigenvalue weighted by molar-refractivity contribution is 5.07. The fourth-order valence-corrected chi connectivity index (χ4v) is 1.99. The molecule has 0 bridgehead atoms. The van der Waals surface area contributed by atoms with Crippen molar-refractivity contribution in [3.8, 4) is 0 Å². The number of furan rings is 1. The molecule has 1 rings (SSSR count). The van der Waals surface area contributed by atoms with E-state index in [0.29, 0.717) is 6.04 Å². The maximum absolute atomic E-state index is 5.87. The molecule has 1 atom stereocenters. The van der Waals surface area contributed by atoms with Gasteiger partial charge in [-0.3, -0.25) is 4.90 Å². The number of nitrogens with one attached hydrogen (secondary N) is 1. The van der Waals surface area contributed by atoms with Crippen LogP contribution in [0.15, 0.2) is 16.5 Å². The van der Waals surface area contributed by atoms with Crippen molar-refractivity contribution in [1.29, 1.82) is 0 Å². The van der Waals surface area contributed by atoms with Crippen molar-refractivity contribution >= 4 is 0 Å². The summed E-state index contributed by atoms with van der Waals surface area (Å²) in [7, 11) is 2.16. The lowest BCUT2D eigenvalue weighted by Gasteiger charge is -2.23. The van der Waals surface area contributed by atoms with Crippen LogP contribution in [0.2, 0.25) is 0 Å². The molecule has 1 unspecified atom stereocenters. The van der Waals surface area contributed by atoms with Gasteiger partial charge in [-0.05, 0) is 53.3 Å². The van der Waals surface area contributed by atoms with E-state index in [0.717, 1.165) is 24.6 Å².